The second kappa shape index (κ2) is 8.78. The van der Waals surface area contributed by atoms with Crippen LogP contribution in [0.4, 0.5) is 0 Å². The summed E-state index contributed by atoms with van der Waals surface area (Å²) in [6, 6.07) is 27.6. The Kier molecular flexibility index (Phi) is 5.95. The van der Waals surface area contributed by atoms with Crippen LogP contribution < -0.4 is 4.74 Å². The van der Waals surface area contributed by atoms with Crippen molar-refractivity contribution in [2.24, 2.45) is 0 Å². The van der Waals surface area contributed by atoms with Crippen molar-refractivity contribution < 1.29 is 14.6 Å². The normalized spacial score (nSPS) is 16.3. The largest absolute Gasteiger partial charge is 0.497 e. The van der Waals surface area contributed by atoms with Crippen LogP contribution in [-0.4, -0.2) is 43.4 Å². The topological polar surface area (TPSA) is 41.9 Å². The molecule has 1 fully saturated rings. The van der Waals surface area contributed by atoms with Crippen LogP contribution in [-0.2, 0) is 10.3 Å². The minimum Gasteiger partial charge on any atom is -0.497 e. The van der Waals surface area contributed by atoms with Crippen LogP contribution >= 0.6 is 0 Å². The van der Waals surface area contributed by atoms with Crippen molar-refractivity contribution >= 4 is 0 Å². The first kappa shape index (κ1) is 19.6. The molecule has 0 saturated carbocycles. The van der Waals surface area contributed by atoms with E-state index in [0.29, 0.717) is 13.2 Å². The molecule has 3 aromatic carbocycles. The van der Waals surface area contributed by atoms with E-state index >= 15 is 0 Å². The van der Waals surface area contributed by atoms with Crippen LogP contribution in [0.1, 0.15) is 22.7 Å². The van der Waals surface area contributed by atoms with Crippen LogP contribution in [0.25, 0.3) is 0 Å². The lowest BCUT2D eigenvalue weighted by molar-refractivity contribution is -0.0619. The number of hydrogen-bond acceptors (Lipinski definition) is 4. The second-order valence-electron chi connectivity index (χ2n) is 7.32. The van der Waals surface area contributed by atoms with Crippen molar-refractivity contribution in [3.8, 4) is 5.75 Å². The van der Waals surface area contributed by atoms with Gasteiger partial charge in [-0.1, -0.05) is 72.8 Å². The summed E-state index contributed by atoms with van der Waals surface area (Å²) >= 11 is 0. The van der Waals surface area contributed by atoms with E-state index in [0.717, 1.165) is 35.5 Å². The molecule has 0 aromatic heterocycles. The van der Waals surface area contributed by atoms with Gasteiger partial charge in [-0.15, -0.1) is 0 Å². The molecule has 4 nitrogen and oxygen atoms in total. The van der Waals surface area contributed by atoms with Crippen molar-refractivity contribution in [1.29, 1.82) is 0 Å². The highest BCUT2D eigenvalue weighted by molar-refractivity contribution is 5.42. The summed E-state index contributed by atoms with van der Waals surface area (Å²) in [6.45, 7) is 2.84. The Balaban J connectivity index is 1.90. The van der Waals surface area contributed by atoms with E-state index in [-0.39, 0.29) is 6.04 Å². The minimum atomic E-state index is -1.21. The van der Waals surface area contributed by atoms with Crippen molar-refractivity contribution in [2.45, 2.75) is 11.6 Å². The lowest BCUT2D eigenvalue weighted by Crippen LogP contribution is -2.49. The number of benzene rings is 3. The van der Waals surface area contributed by atoms with Crippen molar-refractivity contribution in [1.82, 2.24) is 4.90 Å². The molecule has 0 aliphatic carbocycles. The van der Waals surface area contributed by atoms with Crippen LogP contribution in [0.2, 0.25) is 0 Å². The average Bonchev–Trinajstić information content (AvgIpc) is 2.81. The van der Waals surface area contributed by atoms with Crippen LogP contribution in [0.3, 0.4) is 0 Å². The highest BCUT2D eigenvalue weighted by Gasteiger charge is 2.44. The lowest BCUT2D eigenvalue weighted by Gasteiger charge is -2.45. The van der Waals surface area contributed by atoms with E-state index in [1.165, 1.54) is 0 Å². The van der Waals surface area contributed by atoms with E-state index in [4.69, 9.17) is 9.47 Å². The van der Waals surface area contributed by atoms with Crippen LogP contribution in [0.5, 0.6) is 5.75 Å². The molecule has 150 valence electrons. The number of rotatable bonds is 6. The van der Waals surface area contributed by atoms with E-state index in [2.05, 4.69) is 17.0 Å². The summed E-state index contributed by atoms with van der Waals surface area (Å²) in [7, 11) is 1.67. The van der Waals surface area contributed by atoms with E-state index < -0.39 is 5.60 Å². The molecule has 4 heteroatoms. The Morgan fingerprint density at radius 2 is 1.34 bits per heavy atom. The van der Waals surface area contributed by atoms with Gasteiger partial charge in [0.25, 0.3) is 0 Å². The lowest BCUT2D eigenvalue weighted by atomic mass is 9.76. The Labute approximate surface area is 172 Å². The molecule has 4 rings (SSSR count). The third-order valence-electron chi connectivity index (χ3n) is 5.67. The zero-order valence-corrected chi connectivity index (χ0v) is 16.7. The fourth-order valence-electron chi connectivity index (χ4n) is 4.21. The summed E-state index contributed by atoms with van der Waals surface area (Å²) < 4.78 is 11.0. The van der Waals surface area contributed by atoms with Gasteiger partial charge in [-0.3, -0.25) is 4.90 Å². The first-order valence-electron chi connectivity index (χ1n) is 10.0. The number of methoxy groups -OCH3 is 1. The molecule has 1 heterocycles. The maximum absolute atomic E-state index is 12.4. The molecule has 3 aromatic rings. The summed E-state index contributed by atoms with van der Waals surface area (Å²) in [4.78, 5) is 2.32. The number of hydrogen-bond donors (Lipinski definition) is 1. The van der Waals surface area contributed by atoms with Gasteiger partial charge in [0.15, 0.2) is 0 Å². The molecule has 29 heavy (non-hydrogen) atoms. The van der Waals surface area contributed by atoms with Gasteiger partial charge < -0.3 is 14.6 Å². The first-order valence-corrected chi connectivity index (χ1v) is 10.0. The van der Waals surface area contributed by atoms with E-state index in [1.807, 2.05) is 72.8 Å². The Morgan fingerprint density at radius 3 is 1.83 bits per heavy atom. The van der Waals surface area contributed by atoms with Gasteiger partial charge in [0.1, 0.15) is 11.4 Å². The number of aliphatic hydroxyl groups is 1. The quantitative estimate of drug-likeness (QED) is 0.692. The molecular weight excluding hydrogens is 362 g/mol. The standard InChI is InChI=1S/C25H27NO3/c1-28-23-14-12-20(13-15-23)24(26-16-18-29-19-17-26)25(27,21-8-4-2-5-9-21)22-10-6-3-7-11-22/h2-15,24,27H,16-19H2,1H3. The summed E-state index contributed by atoms with van der Waals surface area (Å²) in [5.41, 5.74) is 1.58. The molecule has 1 saturated heterocycles. The monoisotopic (exact) mass is 389 g/mol. The fraction of sp³-hybridized carbons (Fsp3) is 0.280. The van der Waals surface area contributed by atoms with Gasteiger partial charge in [-0.25, -0.2) is 0 Å². The van der Waals surface area contributed by atoms with Gasteiger partial charge in [0.2, 0.25) is 0 Å². The maximum Gasteiger partial charge on any atom is 0.134 e. The first-order chi connectivity index (χ1) is 14.2. The summed E-state index contributed by atoms with van der Waals surface area (Å²) in [5.74, 6) is 0.803. The minimum absolute atomic E-state index is 0.262. The molecule has 0 bridgehead atoms. The van der Waals surface area contributed by atoms with Crippen molar-refractivity contribution in [3.05, 3.63) is 102 Å². The van der Waals surface area contributed by atoms with Gasteiger partial charge in [0, 0.05) is 13.1 Å². The molecule has 1 N–H and O–H groups in total. The number of ether oxygens (including phenoxy) is 2. The predicted octanol–water partition coefficient (Wildman–Crippen LogP) is 4.00. The van der Waals surface area contributed by atoms with Gasteiger partial charge in [-0.2, -0.15) is 0 Å². The number of morpholine rings is 1. The van der Waals surface area contributed by atoms with E-state index in [1.54, 1.807) is 7.11 Å². The zero-order valence-electron chi connectivity index (χ0n) is 16.7. The Morgan fingerprint density at radius 1 is 0.828 bits per heavy atom. The van der Waals surface area contributed by atoms with Gasteiger partial charge >= 0.3 is 0 Å². The molecule has 0 amide bonds. The molecule has 1 aliphatic heterocycles. The highest BCUT2D eigenvalue weighted by Crippen LogP contribution is 2.45. The summed E-state index contributed by atoms with van der Waals surface area (Å²) in [6.07, 6.45) is 0. The fourth-order valence-corrected chi connectivity index (χ4v) is 4.21. The Bertz CT molecular complexity index is 851. The third kappa shape index (κ3) is 3.92. The second-order valence-corrected chi connectivity index (χ2v) is 7.32. The average molecular weight is 389 g/mol. The maximum atomic E-state index is 12.4. The Hall–Kier alpha value is -2.66. The highest BCUT2D eigenvalue weighted by atomic mass is 16.5. The van der Waals surface area contributed by atoms with Crippen molar-refractivity contribution in [2.75, 3.05) is 33.4 Å². The molecule has 1 atom stereocenters. The SMILES string of the molecule is COc1ccc(C(N2CCOCC2)C(O)(c2ccccc2)c2ccccc2)cc1. The predicted molar refractivity (Wildman–Crippen MR) is 114 cm³/mol. The number of nitrogens with zero attached hydrogens (tertiary/aromatic N) is 1. The van der Waals surface area contributed by atoms with Crippen LogP contribution in [0, 0.1) is 0 Å². The van der Waals surface area contributed by atoms with Gasteiger partial charge in [-0.05, 0) is 28.8 Å². The van der Waals surface area contributed by atoms with E-state index in [9.17, 15) is 5.11 Å². The van der Waals surface area contributed by atoms with Gasteiger partial charge in [0.05, 0.1) is 26.4 Å². The van der Waals surface area contributed by atoms with Crippen molar-refractivity contribution in [3.63, 3.8) is 0 Å². The van der Waals surface area contributed by atoms with Crippen LogP contribution in [0.15, 0.2) is 84.9 Å². The zero-order chi connectivity index (χ0) is 20.1. The molecular formula is C25H27NO3. The smallest absolute Gasteiger partial charge is 0.134 e. The molecule has 1 aliphatic rings. The third-order valence-corrected chi connectivity index (χ3v) is 5.67. The molecule has 0 spiro atoms. The molecule has 1 unspecified atom stereocenters. The molecule has 0 radical (unpaired) electrons. The summed E-state index contributed by atoms with van der Waals surface area (Å²) in [5, 5.41) is 12.4.